The number of anilines is 2. The molecule has 3 heterocycles. The van der Waals surface area contributed by atoms with Crippen molar-refractivity contribution in [1.82, 2.24) is 0 Å². The number of aryl methyl sites for hydroxylation is 2. The predicted octanol–water partition coefficient (Wildman–Crippen LogP) is 16.8. The van der Waals surface area contributed by atoms with Crippen molar-refractivity contribution >= 4 is 95.5 Å². The van der Waals surface area contributed by atoms with Gasteiger partial charge in [-0.1, -0.05) is 94.6 Å². The van der Waals surface area contributed by atoms with Gasteiger partial charge in [0.2, 0.25) is 16.4 Å². The van der Waals surface area contributed by atoms with E-state index < -0.39 is 23.8 Å². The lowest BCUT2D eigenvalue weighted by Crippen LogP contribution is -2.27. The molecular weight excluding hydrogens is 1150 g/mol. The summed E-state index contributed by atoms with van der Waals surface area (Å²) in [7, 11) is 0. The van der Waals surface area contributed by atoms with Crippen LogP contribution in [0.1, 0.15) is 85.7 Å². The lowest BCUT2D eigenvalue weighted by atomic mass is 9.97. The fraction of sp³-hybridized carbons (Fsp3) is 0.343. The third-order valence-corrected chi connectivity index (χ3v) is 15.3. The molecule has 2 aromatic heterocycles. The molecule has 1 aliphatic rings. The fourth-order valence-electron chi connectivity index (χ4n) is 8.47. The van der Waals surface area contributed by atoms with E-state index in [0.29, 0.717) is 106 Å². The Hall–Kier alpha value is -9.32. The molecule has 4 aromatic carbocycles. The summed E-state index contributed by atoms with van der Waals surface area (Å²) in [6.07, 6.45) is 4.48. The van der Waals surface area contributed by atoms with Gasteiger partial charge in [-0.05, 0) is 110 Å². The molecule has 1 fully saturated rings. The maximum Gasteiger partial charge on any atom is 0.317 e. The molecular formula is C67H76N10O9S2. The molecule has 19 nitrogen and oxygen atoms in total. The van der Waals surface area contributed by atoms with Crippen LogP contribution in [-0.2, 0) is 51.2 Å². The number of aliphatic hydroxyl groups excluding tert-OH is 1. The van der Waals surface area contributed by atoms with Crippen molar-refractivity contribution in [2.24, 2.45) is 32.3 Å². The van der Waals surface area contributed by atoms with Crippen LogP contribution in [0.5, 0.6) is 0 Å². The summed E-state index contributed by atoms with van der Waals surface area (Å²) in [5, 5.41) is 36.9. The second kappa shape index (κ2) is 38.7. The Kier molecular flexibility index (Phi) is 32.1. The van der Waals surface area contributed by atoms with Gasteiger partial charge < -0.3 is 33.9 Å². The van der Waals surface area contributed by atoms with Crippen LogP contribution in [0.2, 0.25) is 0 Å². The quantitative estimate of drug-likeness (QED) is 0.0121. The number of hydrogen-bond acceptors (Lipinski definition) is 18. The molecule has 0 bridgehead atoms. The Balaban J connectivity index is 0.000000397. The highest BCUT2D eigenvalue weighted by atomic mass is 32.1. The SMILES string of the molecule is C.C.C=CCC1CC(=O)OC1=O.[C-]#[N+]c1c(N=Nc2ccc(N(CCOCCOC(=O)CC(CC=C)C(C)=O)Cc3ccccc3)cc2C)sc(C#N)c1C.[C-]#[N+]c1sc(N=Nc2ccc(N(CCOCCO)Cc3ccccc3)cc2C)c([N+]#[C-])c1C. The lowest BCUT2D eigenvalue weighted by molar-refractivity contribution is -0.153. The summed E-state index contributed by atoms with van der Waals surface area (Å²) in [4.78, 5) is 60.3. The van der Waals surface area contributed by atoms with E-state index in [9.17, 15) is 24.4 Å². The summed E-state index contributed by atoms with van der Waals surface area (Å²) >= 11 is 2.35. The zero-order valence-corrected chi connectivity index (χ0v) is 50.5. The number of esters is 3. The molecule has 0 aliphatic carbocycles. The summed E-state index contributed by atoms with van der Waals surface area (Å²) < 4.78 is 20.8. The first-order valence-corrected chi connectivity index (χ1v) is 29.0. The molecule has 0 radical (unpaired) electrons. The molecule has 2 unspecified atom stereocenters. The Bertz CT molecular complexity index is 3540. The third-order valence-electron chi connectivity index (χ3n) is 13.2. The standard InChI is InChI=1S/C33H35N5O4S.C25H25N5O2S.C7H8O3.2CH4/c1-6-10-27(25(4)39)20-31(40)42-18-17-41-16-15-38(22-26-11-8-7-9-12-26)28-13-14-29(23(2)19-28)36-37-33-32(35-5)24(3)30(21-34)43-33;1-18-16-21(30(12-14-32-15-13-31)17-20-8-6-5-7-9-20)10-11-22(18)28-29-25-23(26-3)19(2)24(27-4)33-25;1-2-3-5-4-6(8)10-7(5)9;;/h6-9,11-14,19,27H,1,10,15-18,20,22H2,2-4H3;5-11,16,31H,12-15,17H2,1-2H3;2,5H,1,3-4H2;2*1H4. The molecule has 88 heavy (non-hydrogen) atoms. The molecule has 0 spiro atoms. The highest BCUT2D eigenvalue weighted by Crippen LogP contribution is 2.47. The van der Waals surface area contributed by atoms with Crippen LogP contribution in [0.25, 0.3) is 14.5 Å². The van der Waals surface area contributed by atoms with Crippen molar-refractivity contribution in [2.45, 2.75) is 88.2 Å². The largest absolute Gasteiger partial charge is 0.463 e. The number of nitriles is 1. The molecule has 2 atom stereocenters. The molecule has 7 rings (SSSR count). The van der Waals surface area contributed by atoms with Crippen LogP contribution in [0.4, 0.5) is 49.1 Å². The summed E-state index contributed by atoms with van der Waals surface area (Å²) in [5.74, 6) is -1.99. The monoisotopic (exact) mass is 1230 g/mol. The van der Waals surface area contributed by atoms with Crippen molar-refractivity contribution in [1.29, 1.82) is 5.26 Å². The average Bonchev–Trinajstić information content (AvgIpc) is 4.33. The van der Waals surface area contributed by atoms with E-state index in [0.717, 1.165) is 45.9 Å². The maximum absolute atomic E-state index is 12.1. The normalized spacial score (nSPS) is 12.5. The van der Waals surface area contributed by atoms with E-state index in [-0.39, 0.29) is 59.2 Å². The summed E-state index contributed by atoms with van der Waals surface area (Å²) in [6, 6.07) is 34.3. The zero-order chi connectivity index (χ0) is 62.4. The van der Waals surface area contributed by atoms with Crippen LogP contribution in [0.15, 0.2) is 143 Å². The number of ketones is 1. The second-order valence-electron chi connectivity index (χ2n) is 19.4. The van der Waals surface area contributed by atoms with Gasteiger partial charge in [-0.25, -0.2) is 14.5 Å². The topological polar surface area (TPSA) is 218 Å². The van der Waals surface area contributed by atoms with Gasteiger partial charge in [0, 0.05) is 43.5 Å². The fourth-order valence-corrected chi connectivity index (χ4v) is 10.2. The number of rotatable bonds is 28. The smallest absolute Gasteiger partial charge is 0.317 e. The van der Waals surface area contributed by atoms with Gasteiger partial charge in [-0.2, -0.15) is 25.7 Å². The van der Waals surface area contributed by atoms with Crippen LogP contribution < -0.4 is 9.80 Å². The van der Waals surface area contributed by atoms with Crippen molar-refractivity contribution in [3.63, 3.8) is 0 Å². The third kappa shape index (κ3) is 22.5. The van der Waals surface area contributed by atoms with Crippen LogP contribution >= 0.6 is 22.7 Å². The van der Waals surface area contributed by atoms with E-state index in [4.69, 9.17) is 39.0 Å². The number of carbonyl (C=O) groups excluding carboxylic acids is 4. The number of benzene rings is 4. The molecule has 0 amide bonds. The van der Waals surface area contributed by atoms with Gasteiger partial charge >= 0.3 is 17.9 Å². The van der Waals surface area contributed by atoms with Gasteiger partial charge in [0.15, 0.2) is 0 Å². The highest BCUT2D eigenvalue weighted by Gasteiger charge is 2.32. The lowest BCUT2D eigenvalue weighted by Gasteiger charge is -2.25. The second-order valence-corrected chi connectivity index (χ2v) is 21.4. The minimum atomic E-state index is -0.422. The van der Waals surface area contributed by atoms with E-state index in [1.54, 1.807) is 26.0 Å². The number of azo groups is 2. The molecule has 21 heteroatoms. The molecule has 1 saturated heterocycles. The van der Waals surface area contributed by atoms with Crippen LogP contribution in [0, 0.1) is 70.6 Å². The number of aliphatic hydroxyl groups is 1. The van der Waals surface area contributed by atoms with Crippen molar-refractivity contribution < 1.29 is 43.2 Å². The van der Waals surface area contributed by atoms with Crippen molar-refractivity contribution in [3.8, 4) is 6.07 Å². The van der Waals surface area contributed by atoms with Crippen LogP contribution in [0.3, 0.4) is 0 Å². The Morgan fingerprint density at radius 2 is 1.26 bits per heavy atom. The van der Waals surface area contributed by atoms with Crippen LogP contribution in [-0.4, -0.2) is 81.5 Å². The first kappa shape index (κ1) is 72.9. The first-order valence-electron chi connectivity index (χ1n) is 27.4. The summed E-state index contributed by atoms with van der Waals surface area (Å²) in [5.41, 5.74) is 9.62. The number of thiophene rings is 2. The minimum Gasteiger partial charge on any atom is -0.463 e. The number of cyclic esters (lactones) is 2. The number of Topliss-reactive ketones (excluding diaryl/α,β-unsaturated/α-hetero) is 1. The molecule has 460 valence electrons. The van der Waals surface area contributed by atoms with E-state index >= 15 is 0 Å². The Morgan fingerprint density at radius 3 is 1.70 bits per heavy atom. The van der Waals surface area contributed by atoms with E-state index in [1.807, 2.05) is 80.6 Å². The van der Waals surface area contributed by atoms with Crippen molar-refractivity contribution in [2.75, 3.05) is 62.5 Å². The first-order chi connectivity index (χ1) is 41.6. The van der Waals surface area contributed by atoms with Crippen molar-refractivity contribution in [3.05, 3.63) is 195 Å². The Morgan fingerprint density at radius 1 is 0.739 bits per heavy atom. The van der Waals surface area contributed by atoms with Gasteiger partial charge in [-0.15, -0.1) is 35.8 Å². The zero-order valence-electron chi connectivity index (χ0n) is 48.9. The number of allylic oxidation sites excluding steroid dienone is 2. The van der Waals surface area contributed by atoms with Gasteiger partial charge in [0.25, 0.3) is 0 Å². The van der Waals surface area contributed by atoms with Gasteiger partial charge in [0.1, 0.15) is 28.5 Å². The number of nitrogens with zero attached hydrogens (tertiary/aromatic N) is 10. The van der Waals surface area contributed by atoms with E-state index in [2.05, 4.69) is 99.1 Å². The van der Waals surface area contributed by atoms with Gasteiger partial charge in [-0.3, -0.25) is 19.2 Å². The number of hydrogen-bond donors (Lipinski definition) is 1. The van der Waals surface area contributed by atoms with Gasteiger partial charge in [0.05, 0.1) is 87.8 Å². The summed E-state index contributed by atoms with van der Waals surface area (Å²) in [6.45, 7) is 42.3. The predicted molar refractivity (Wildman–Crippen MR) is 348 cm³/mol. The number of ether oxygens (including phenoxy) is 4. The minimum absolute atomic E-state index is 0. The number of carbonyl (C=O) groups is 4. The molecule has 6 aromatic rings. The van der Waals surface area contributed by atoms with E-state index in [1.165, 1.54) is 23.8 Å². The average molecular weight is 1230 g/mol. The highest BCUT2D eigenvalue weighted by molar-refractivity contribution is 7.20. The Labute approximate surface area is 525 Å². The molecule has 0 saturated carbocycles. The molecule has 1 aliphatic heterocycles. The maximum atomic E-state index is 12.1. The molecule has 1 N–H and O–H groups in total.